The summed E-state index contributed by atoms with van der Waals surface area (Å²) in [6, 6.07) is 14.4. The number of hydrogen-bond donors (Lipinski definition) is 0. The highest BCUT2D eigenvalue weighted by atomic mass is 16.6. The topological polar surface area (TPSA) is 68.7 Å². The van der Waals surface area contributed by atoms with Crippen molar-refractivity contribution in [3.8, 4) is 0 Å². The van der Waals surface area contributed by atoms with Crippen LogP contribution in [-0.2, 0) is 20.9 Å². The molecule has 6 heteroatoms. The number of aromatic nitrogens is 1. The fraction of sp³-hybridized carbons (Fsp3) is 0.316. The van der Waals surface area contributed by atoms with Crippen LogP contribution >= 0.6 is 0 Å². The average Bonchev–Trinajstić information content (AvgIpc) is 2.58. The number of amides is 1. The maximum atomic E-state index is 12.4. The highest BCUT2D eigenvalue weighted by Gasteiger charge is 2.26. The summed E-state index contributed by atoms with van der Waals surface area (Å²) in [6.45, 7) is 5.14. The molecule has 0 fully saturated rings. The van der Waals surface area contributed by atoms with E-state index in [1.165, 1.54) is 4.90 Å². The van der Waals surface area contributed by atoms with Crippen molar-refractivity contribution in [2.24, 2.45) is 0 Å². The van der Waals surface area contributed by atoms with Gasteiger partial charge in [0, 0.05) is 6.20 Å². The van der Waals surface area contributed by atoms with Gasteiger partial charge in [-0.2, -0.15) is 0 Å². The van der Waals surface area contributed by atoms with E-state index in [1.54, 1.807) is 45.2 Å². The number of carbonyl (C=O) groups is 2. The van der Waals surface area contributed by atoms with Gasteiger partial charge in [-0.15, -0.1) is 0 Å². The third-order valence-electron chi connectivity index (χ3n) is 3.07. The molecule has 0 aliphatic carbocycles. The first-order valence-electron chi connectivity index (χ1n) is 7.96. The molecule has 0 radical (unpaired) electrons. The maximum Gasteiger partial charge on any atom is 0.416 e. The smallest absolute Gasteiger partial charge is 0.416 e. The minimum absolute atomic E-state index is 0.143. The summed E-state index contributed by atoms with van der Waals surface area (Å²) in [6.07, 6.45) is 0.894. The lowest BCUT2D eigenvalue weighted by Gasteiger charge is -2.26. The van der Waals surface area contributed by atoms with Gasteiger partial charge in [0.1, 0.15) is 24.6 Å². The molecule has 2 rings (SSSR count). The van der Waals surface area contributed by atoms with E-state index in [4.69, 9.17) is 9.47 Å². The summed E-state index contributed by atoms with van der Waals surface area (Å²) in [5.74, 6) is -0.214. The van der Waals surface area contributed by atoms with Gasteiger partial charge in [0.15, 0.2) is 0 Å². The molecular formula is C19H22N2O4. The van der Waals surface area contributed by atoms with Crippen molar-refractivity contribution in [3.63, 3.8) is 0 Å². The molecule has 1 aromatic heterocycles. The van der Waals surface area contributed by atoms with Crippen LogP contribution in [0.1, 0.15) is 26.3 Å². The minimum atomic E-state index is -0.682. The molecule has 2 aromatic rings. The zero-order valence-electron chi connectivity index (χ0n) is 14.6. The van der Waals surface area contributed by atoms with Crippen molar-refractivity contribution in [2.45, 2.75) is 33.0 Å². The predicted octanol–water partition coefficient (Wildman–Crippen LogP) is 3.57. The number of carbonyl (C=O) groups excluding carboxylic acids is 2. The van der Waals surface area contributed by atoms with Crippen molar-refractivity contribution in [1.29, 1.82) is 0 Å². The van der Waals surface area contributed by atoms with Crippen molar-refractivity contribution < 1.29 is 19.1 Å². The molecule has 1 heterocycles. The Morgan fingerprint density at radius 3 is 2.32 bits per heavy atom. The fourth-order valence-corrected chi connectivity index (χ4v) is 1.98. The van der Waals surface area contributed by atoms with Gasteiger partial charge in [0.2, 0.25) is 0 Å². The molecule has 0 saturated heterocycles. The lowest BCUT2D eigenvalue weighted by Crippen LogP contribution is -2.40. The van der Waals surface area contributed by atoms with Crippen LogP contribution in [0.5, 0.6) is 0 Å². The Hall–Kier alpha value is -2.89. The average molecular weight is 342 g/mol. The predicted molar refractivity (Wildman–Crippen MR) is 94.1 cm³/mol. The van der Waals surface area contributed by atoms with E-state index < -0.39 is 17.7 Å². The maximum absolute atomic E-state index is 12.4. The van der Waals surface area contributed by atoms with Gasteiger partial charge >= 0.3 is 12.1 Å². The first-order valence-corrected chi connectivity index (χ1v) is 7.96. The van der Waals surface area contributed by atoms with Crippen LogP contribution in [0.3, 0.4) is 0 Å². The van der Waals surface area contributed by atoms with E-state index in [1.807, 2.05) is 30.3 Å². The van der Waals surface area contributed by atoms with E-state index >= 15 is 0 Å². The summed E-state index contributed by atoms with van der Waals surface area (Å²) in [4.78, 5) is 29.9. The molecule has 1 amide bonds. The number of anilines is 1. The molecule has 0 aliphatic heterocycles. The van der Waals surface area contributed by atoms with Gasteiger partial charge in [-0.3, -0.25) is 9.69 Å². The zero-order valence-corrected chi connectivity index (χ0v) is 14.6. The van der Waals surface area contributed by atoms with Crippen molar-refractivity contribution in [3.05, 3.63) is 60.3 Å². The molecule has 0 atom stereocenters. The van der Waals surface area contributed by atoms with E-state index in [0.29, 0.717) is 5.82 Å². The lowest BCUT2D eigenvalue weighted by molar-refractivity contribution is -0.143. The Bertz CT molecular complexity index is 696. The number of hydrogen-bond acceptors (Lipinski definition) is 5. The van der Waals surface area contributed by atoms with Crippen LogP contribution in [0.2, 0.25) is 0 Å². The Kier molecular flexibility index (Phi) is 6.11. The molecule has 132 valence electrons. The van der Waals surface area contributed by atoms with Gasteiger partial charge in [-0.1, -0.05) is 36.4 Å². The second-order valence-corrected chi connectivity index (χ2v) is 6.40. The SMILES string of the molecule is CC(C)(C)OC(=O)N(CC(=O)OCc1ccccc1)c1ccccn1. The molecular weight excluding hydrogens is 320 g/mol. The highest BCUT2D eigenvalue weighted by Crippen LogP contribution is 2.16. The quantitative estimate of drug-likeness (QED) is 0.777. The van der Waals surface area contributed by atoms with E-state index in [2.05, 4.69) is 4.98 Å². The van der Waals surface area contributed by atoms with Crippen LogP contribution in [-0.4, -0.2) is 29.2 Å². The molecule has 0 N–H and O–H groups in total. The largest absolute Gasteiger partial charge is 0.459 e. The Morgan fingerprint density at radius 2 is 1.72 bits per heavy atom. The second-order valence-electron chi connectivity index (χ2n) is 6.40. The summed E-state index contributed by atoms with van der Waals surface area (Å²) < 4.78 is 10.6. The van der Waals surface area contributed by atoms with Crippen LogP contribution in [0.15, 0.2) is 54.7 Å². The van der Waals surface area contributed by atoms with Crippen molar-refractivity contribution in [1.82, 2.24) is 4.98 Å². The monoisotopic (exact) mass is 342 g/mol. The highest BCUT2D eigenvalue weighted by molar-refractivity contribution is 5.92. The molecule has 0 aliphatic rings. The van der Waals surface area contributed by atoms with Gasteiger partial charge in [-0.25, -0.2) is 9.78 Å². The second kappa shape index (κ2) is 8.28. The van der Waals surface area contributed by atoms with E-state index in [-0.39, 0.29) is 13.2 Å². The summed E-state index contributed by atoms with van der Waals surface area (Å²) in [5, 5.41) is 0. The van der Waals surface area contributed by atoms with Crippen LogP contribution in [0.25, 0.3) is 0 Å². The van der Waals surface area contributed by atoms with Crippen LogP contribution in [0.4, 0.5) is 10.6 Å². The minimum Gasteiger partial charge on any atom is -0.459 e. The third kappa shape index (κ3) is 6.25. The van der Waals surface area contributed by atoms with Crippen molar-refractivity contribution in [2.75, 3.05) is 11.4 Å². The van der Waals surface area contributed by atoms with Crippen molar-refractivity contribution >= 4 is 17.9 Å². The first kappa shape index (κ1) is 18.4. The van der Waals surface area contributed by atoms with Gasteiger partial charge < -0.3 is 9.47 Å². The summed E-state index contributed by atoms with van der Waals surface area (Å²) >= 11 is 0. The summed E-state index contributed by atoms with van der Waals surface area (Å²) in [5.41, 5.74) is 0.190. The van der Waals surface area contributed by atoms with Gasteiger partial charge in [0.25, 0.3) is 0 Å². The summed E-state index contributed by atoms with van der Waals surface area (Å²) in [7, 11) is 0. The van der Waals surface area contributed by atoms with E-state index in [9.17, 15) is 9.59 Å². The molecule has 0 spiro atoms. The standard InChI is InChI=1S/C19H22N2O4/c1-19(2,3)25-18(23)21(16-11-7-8-12-20-16)13-17(22)24-14-15-9-5-4-6-10-15/h4-12H,13-14H2,1-3H3. The van der Waals surface area contributed by atoms with Crippen LogP contribution in [0, 0.1) is 0 Å². The number of benzene rings is 1. The Morgan fingerprint density at radius 1 is 1.04 bits per heavy atom. The van der Waals surface area contributed by atoms with Gasteiger partial charge in [-0.05, 0) is 38.5 Å². The fourth-order valence-electron chi connectivity index (χ4n) is 1.98. The normalized spacial score (nSPS) is 10.8. The molecule has 6 nitrogen and oxygen atoms in total. The molecule has 0 unspecified atom stereocenters. The Balaban J connectivity index is 2.05. The molecule has 0 bridgehead atoms. The number of pyridine rings is 1. The number of rotatable bonds is 5. The third-order valence-corrected chi connectivity index (χ3v) is 3.07. The Labute approximate surface area is 147 Å². The number of nitrogens with zero attached hydrogens (tertiary/aromatic N) is 2. The first-order chi connectivity index (χ1) is 11.8. The van der Waals surface area contributed by atoms with Crippen LogP contribution < -0.4 is 4.90 Å². The molecule has 25 heavy (non-hydrogen) atoms. The van der Waals surface area contributed by atoms with E-state index in [0.717, 1.165) is 5.56 Å². The number of esters is 1. The van der Waals surface area contributed by atoms with Gasteiger partial charge in [0.05, 0.1) is 0 Å². The molecule has 0 saturated carbocycles. The molecule has 1 aromatic carbocycles. The zero-order chi connectivity index (χ0) is 18.3. The number of ether oxygens (including phenoxy) is 2. The lowest BCUT2D eigenvalue weighted by atomic mass is 10.2.